The number of rotatable bonds is 17. The summed E-state index contributed by atoms with van der Waals surface area (Å²) in [6, 6.07) is 3.81. The van der Waals surface area contributed by atoms with Crippen LogP contribution in [0.4, 0.5) is 0 Å². The molecule has 4 amide bonds. The van der Waals surface area contributed by atoms with Gasteiger partial charge in [0.15, 0.2) is 0 Å². The molecule has 0 saturated heterocycles. The highest BCUT2D eigenvalue weighted by atomic mass is 16.4. The Kier molecular flexibility index (Phi) is 14.3. The molecule has 0 aliphatic carbocycles. The second kappa shape index (κ2) is 16.9. The predicted molar refractivity (Wildman–Crippen MR) is 146 cm³/mol. The summed E-state index contributed by atoms with van der Waals surface area (Å²) in [5.41, 5.74) is 6.11. The van der Waals surface area contributed by atoms with Gasteiger partial charge in [-0.2, -0.15) is 0 Å². The standard InChI is InChI=1S/C27H41N5O8/c1-5-16(4)23(26(38)31-20(27(39)40)13-22(34)35)32-25(37)19(12-17-9-7-6-8-10-17)30-24(36)18(11-15(2)3)29-21(33)14-28/h6-10,15-16,18-20,23H,5,11-14,28H2,1-4H3,(H,29,33)(H,30,36)(H,31,38)(H,32,37)(H,34,35)(H,39,40)/t16-,18-,19-,20-,23-/m0/s1. The molecule has 0 heterocycles. The molecule has 0 aliphatic heterocycles. The van der Waals surface area contributed by atoms with E-state index in [9.17, 15) is 33.9 Å². The average molecular weight is 564 g/mol. The Morgan fingerprint density at radius 3 is 1.88 bits per heavy atom. The zero-order chi connectivity index (χ0) is 30.4. The van der Waals surface area contributed by atoms with Gasteiger partial charge in [-0.25, -0.2) is 4.79 Å². The third-order valence-corrected chi connectivity index (χ3v) is 6.25. The largest absolute Gasteiger partial charge is 0.481 e. The van der Waals surface area contributed by atoms with Gasteiger partial charge in [0.1, 0.15) is 24.2 Å². The molecule has 0 saturated carbocycles. The molecule has 0 aromatic heterocycles. The molecule has 0 bridgehead atoms. The smallest absolute Gasteiger partial charge is 0.326 e. The number of hydrogen-bond acceptors (Lipinski definition) is 7. The molecule has 0 radical (unpaired) electrons. The Labute approximate surface area is 233 Å². The Hall–Kier alpha value is -4.00. The molecule has 0 unspecified atom stereocenters. The number of carboxylic acid groups (broad SMARTS) is 2. The fourth-order valence-corrected chi connectivity index (χ4v) is 3.88. The van der Waals surface area contributed by atoms with Crippen LogP contribution in [0, 0.1) is 11.8 Å². The minimum atomic E-state index is -1.70. The van der Waals surface area contributed by atoms with Crippen molar-refractivity contribution in [1.29, 1.82) is 0 Å². The number of carbonyl (C=O) groups is 6. The number of amides is 4. The molecular formula is C27H41N5O8. The van der Waals surface area contributed by atoms with E-state index in [1.165, 1.54) is 0 Å². The first-order valence-electron chi connectivity index (χ1n) is 13.2. The highest BCUT2D eigenvalue weighted by molar-refractivity contribution is 5.95. The minimum absolute atomic E-state index is 0.0293. The quantitative estimate of drug-likeness (QED) is 0.133. The fraction of sp³-hybridized carbons (Fsp3) is 0.556. The summed E-state index contributed by atoms with van der Waals surface area (Å²) in [7, 11) is 0. The van der Waals surface area contributed by atoms with Crippen LogP contribution in [-0.4, -0.2) is 76.5 Å². The Morgan fingerprint density at radius 1 is 0.800 bits per heavy atom. The van der Waals surface area contributed by atoms with Gasteiger partial charge in [0, 0.05) is 6.42 Å². The first-order chi connectivity index (χ1) is 18.8. The van der Waals surface area contributed by atoms with Crippen molar-refractivity contribution in [2.45, 2.75) is 77.5 Å². The van der Waals surface area contributed by atoms with Gasteiger partial charge >= 0.3 is 11.9 Å². The number of nitrogens with two attached hydrogens (primary N) is 1. The third-order valence-electron chi connectivity index (χ3n) is 6.25. The lowest BCUT2D eigenvalue weighted by Gasteiger charge is -2.28. The van der Waals surface area contributed by atoms with Crippen molar-refractivity contribution >= 4 is 35.6 Å². The van der Waals surface area contributed by atoms with Crippen molar-refractivity contribution in [2.75, 3.05) is 6.54 Å². The highest BCUT2D eigenvalue weighted by Crippen LogP contribution is 2.12. The molecule has 222 valence electrons. The van der Waals surface area contributed by atoms with E-state index in [4.69, 9.17) is 10.8 Å². The van der Waals surface area contributed by atoms with Crippen molar-refractivity contribution in [3.8, 4) is 0 Å². The summed E-state index contributed by atoms with van der Waals surface area (Å²) in [5.74, 6) is -6.10. The normalized spacial score (nSPS) is 14.7. The molecule has 40 heavy (non-hydrogen) atoms. The summed E-state index contributed by atoms with van der Waals surface area (Å²) in [4.78, 5) is 74.2. The van der Waals surface area contributed by atoms with E-state index in [0.717, 1.165) is 0 Å². The van der Waals surface area contributed by atoms with Gasteiger partial charge in [0.05, 0.1) is 13.0 Å². The lowest BCUT2D eigenvalue weighted by molar-refractivity contribution is -0.147. The lowest BCUT2D eigenvalue weighted by Crippen LogP contribution is -2.60. The van der Waals surface area contributed by atoms with E-state index in [-0.39, 0.29) is 25.3 Å². The van der Waals surface area contributed by atoms with Crippen LogP contribution in [0.5, 0.6) is 0 Å². The molecule has 8 N–H and O–H groups in total. The lowest BCUT2D eigenvalue weighted by atomic mass is 9.96. The van der Waals surface area contributed by atoms with E-state index in [1.54, 1.807) is 44.2 Å². The maximum Gasteiger partial charge on any atom is 0.326 e. The van der Waals surface area contributed by atoms with Crippen LogP contribution >= 0.6 is 0 Å². The fourth-order valence-electron chi connectivity index (χ4n) is 3.88. The molecule has 1 aromatic carbocycles. The summed E-state index contributed by atoms with van der Waals surface area (Å²) < 4.78 is 0. The maximum atomic E-state index is 13.5. The van der Waals surface area contributed by atoms with Crippen LogP contribution in [0.25, 0.3) is 0 Å². The molecule has 1 rings (SSSR count). The summed E-state index contributed by atoms with van der Waals surface area (Å²) in [6.07, 6.45) is -0.0778. The molecule has 1 aromatic rings. The van der Waals surface area contributed by atoms with Gasteiger partial charge < -0.3 is 37.2 Å². The Morgan fingerprint density at radius 2 is 1.38 bits per heavy atom. The second-order valence-corrected chi connectivity index (χ2v) is 10.1. The van der Waals surface area contributed by atoms with Crippen molar-refractivity contribution in [3.63, 3.8) is 0 Å². The molecular weight excluding hydrogens is 522 g/mol. The zero-order valence-electron chi connectivity index (χ0n) is 23.3. The average Bonchev–Trinajstić information content (AvgIpc) is 2.89. The van der Waals surface area contributed by atoms with E-state index in [0.29, 0.717) is 12.0 Å². The number of carbonyl (C=O) groups excluding carboxylic acids is 4. The van der Waals surface area contributed by atoms with Crippen molar-refractivity contribution in [3.05, 3.63) is 35.9 Å². The van der Waals surface area contributed by atoms with Gasteiger partial charge in [0.2, 0.25) is 23.6 Å². The van der Waals surface area contributed by atoms with E-state index in [1.807, 2.05) is 13.8 Å². The van der Waals surface area contributed by atoms with E-state index >= 15 is 0 Å². The second-order valence-electron chi connectivity index (χ2n) is 10.1. The number of aliphatic carboxylic acids is 2. The number of carboxylic acids is 2. The van der Waals surface area contributed by atoms with Gasteiger partial charge in [-0.05, 0) is 23.8 Å². The van der Waals surface area contributed by atoms with Gasteiger partial charge in [-0.15, -0.1) is 0 Å². The third kappa shape index (κ3) is 11.8. The summed E-state index contributed by atoms with van der Waals surface area (Å²) in [6.45, 7) is 6.85. The predicted octanol–water partition coefficient (Wildman–Crippen LogP) is -0.221. The summed E-state index contributed by atoms with van der Waals surface area (Å²) in [5, 5.41) is 28.4. The maximum absolute atomic E-state index is 13.5. The first kappa shape index (κ1) is 34.0. The van der Waals surface area contributed by atoms with Crippen LogP contribution in [0.1, 0.15) is 52.5 Å². The van der Waals surface area contributed by atoms with Gasteiger partial charge in [-0.3, -0.25) is 24.0 Å². The number of nitrogens with one attached hydrogen (secondary N) is 4. The Bertz CT molecular complexity index is 1030. The van der Waals surface area contributed by atoms with E-state index < -0.39 is 72.1 Å². The molecule has 5 atom stereocenters. The molecule has 0 spiro atoms. The monoisotopic (exact) mass is 563 g/mol. The van der Waals surface area contributed by atoms with Gasteiger partial charge in [0.25, 0.3) is 0 Å². The van der Waals surface area contributed by atoms with Crippen molar-refractivity contribution in [1.82, 2.24) is 21.3 Å². The van der Waals surface area contributed by atoms with Crippen LogP contribution < -0.4 is 27.0 Å². The van der Waals surface area contributed by atoms with E-state index in [2.05, 4.69) is 21.3 Å². The summed E-state index contributed by atoms with van der Waals surface area (Å²) >= 11 is 0. The number of hydrogen-bond donors (Lipinski definition) is 7. The van der Waals surface area contributed by atoms with Crippen LogP contribution in [0.3, 0.4) is 0 Å². The van der Waals surface area contributed by atoms with Crippen LogP contribution in [0.2, 0.25) is 0 Å². The molecule has 0 aliphatic rings. The molecule has 13 nitrogen and oxygen atoms in total. The van der Waals surface area contributed by atoms with Gasteiger partial charge in [-0.1, -0.05) is 64.4 Å². The molecule has 0 fully saturated rings. The highest BCUT2D eigenvalue weighted by Gasteiger charge is 2.34. The molecule has 13 heteroatoms. The van der Waals surface area contributed by atoms with Crippen molar-refractivity contribution < 1.29 is 39.0 Å². The number of benzene rings is 1. The SMILES string of the molecule is CC[C@H](C)[C@H](NC(=O)[C@H](Cc1ccccc1)NC(=O)[C@H](CC(C)C)NC(=O)CN)C(=O)N[C@@H](CC(=O)O)C(=O)O. The Balaban J connectivity index is 3.25. The zero-order valence-corrected chi connectivity index (χ0v) is 23.3. The topological polar surface area (TPSA) is 217 Å². The van der Waals surface area contributed by atoms with Crippen LogP contribution in [0.15, 0.2) is 30.3 Å². The first-order valence-corrected chi connectivity index (χ1v) is 13.2. The minimum Gasteiger partial charge on any atom is -0.481 e. The van der Waals surface area contributed by atoms with Crippen LogP contribution in [-0.2, 0) is 35.2 Å². The van der Waals surface area contributed by atoms with Crippen molar-refractivity contribution in [2.24, 2.45) is 17.6 Å².